The molecule has 0 aliphatic heterocycles. The Balaban J connectivity index is 2.78. The molecule has 0 saturated heterocycles. The number of carbonyl (C=O) groups excluding carboxylic acids is 1. The van der Waals surface area contributed by atoms with Crippen molar-refractivity contribution >= 4 is 11.7 Å². The maximum atomic E-state index is 13.8. The summed E-state index contributed by atoms with van der Waals surface area (Å²) in [5.41, 5.74) is 0.645. The van der Waals surface area contributed by atoms with Crippen molar-refractivity contribution in [3.63, 3.8) is 0 Å². The molecular weight excluding hydrogens is 259 g/mol. The molecule has 4 nitrogen and oxygen atoms in total. The van der Waals surface area contributed by atoms with Crippen LogP contribution in [0.3, 0.4) is 0 Å². The number of aliphatic hydroxyl groups is 1. The molecule has 1 aromatic rings. The van der Waals surface area contributed by atoms with Crippen molar-refractivity contribution in [2.75, 3.05) is 25.0 Å². The third-order valence-corrected chi connectivity index (χ3v) is 2.73. The molecule has 1 rings (SSSR count). The molecule has 1 aromatic carbocycles. The van der Waals surface area contributed by atoms with Gasteiger partial charge in [0.25, 0.3) is 0 Å². The molecule has 0 aliphatic carbocycles. The lowest BCUT2D eigenvalue weighted by molar-refractivity contribution is 0.217. The molecule has 0 atom stereocenters. The Morgan fingerprint density at radius 2 is 2.10 bits per heavy atom. The number of nitrogens with one attached hydrogen (secondary N) is 1. The molecule has 20 heavy (non-hydrogen) atoms. The Morgan fingerprint density at radius 3 is 2.65 bits per heavy atom. The van der Waals surface area contributed by atoms with Crippen molar-refractivity contribution in [3.8, 4) is 11.8 Å². The standard InChI is InChI=1S/C15H19FN2O2/c1-3-18(4-2)15(20)17-13-9-8-12(14(16)11-13)7-5-6-10-19/h8-9,11,19H,3-4,6,10H2,1-2H3,(H,17,20). The van der Waals surface area contributed by atoms with Gasteiger partial charge >= 0.3 is 6.03 Å². The summed E-state index contributed by atoms with van der Waals surface area (Å²) in [6.45, 7) is 4.89. The van der Waals surface area contributed by atoms with Gasteiger partial charge in [0.15, 0.2) is 0 Å². The average Bonchev–Trinajstić information content (AvgIpc) is 2.43. The van der Waals surface area contributed by atoms with Crippen molar-refractivity contribution in [3.05, 3.63) is 29.6 Å². The molecule has 0 saturated carbocycles. The lowest BCUT2D eigenvalue weighted by Gasteiger charge is -2.19. The Hall–Kier alpha value is -2.06. The minimum absolute atomic E-state index is 0.0490. The summed E-state index contributed by atoms with van der Waals surface area (Å²) < 4.78 is 13.8. The van der Waals surface area contributed by atoms with E-state index in [2.05, 4.69) is 17.2 Å². The van der Waals surface area contributed by atoms with Crippen LogP contribution >= 0.6 is 0 Å². The van der Waals surface area contributed by atoms with Gasteiger partial charge in [-0.1, -0.05) is 11.8 Å². The first-order valence-electron chi connectivity index (χ1n) is 6.57. The van der Waals surface area contributed by atoms with Crippen LogP contribution in [0.4, 0.5) is 14.9 Å². The predicted octanol–water partition coefficient (Wildman–Crippen LogP) is 2.43. The van der Waals surface area contributed by atoms with Crippen LogP contribution in [-0.4, -0.2) is 35.7 Å². The smallest absolute Gasteiger partial charge is 0.321 e. The van der Waals surface area contributed by atoms with E-state index < -0.39 is 5.82 Å². The predicted molar refractivity (Wildman–Crippen MR) is 76.9 cm³/mol. The number of hydrogen-bond acceptors (Lipinski definition) is 2. The van der Waals surface area contributed by atoms with Gasteiger partial charge in [-0.3, -0.25) is 0 Å². The second-order valence-corrected chi connectivity index (χ2v) is 4.07. The van der Waals surface area contributed by atoms with E-state index in [-0.39, 0.29) is 18.2 Å². The highest BCUT2D eigenvalue weighted by atomic mass is 19.1. The number of aliphatic hydroxyl groups excluding tert-OH is 1. The summed E-state index contributed by atoms with van der Waals surface area (Å²) in [4.78, 5) is 13.4. The van der Waals surface area contributed by atoms with Gasteiger partial charge in [-0.15, -0.1) is 0 Å². The van der Waals surface area contributed by atoms with Crippen molar-refractivity contribution in [1.82, 2.24) is 4.90 Å². The highest BCUT2D eigenvalue weighted by Crippen LogP contribution is 2.14. The van der Waals surface area contributed by atoms with Crippen LogP contribution in [0.2, 0.25) is 0 Å². The average molecular weight is 278 g/mol. The number of carbonyl (C=O) groups is 1. The number of benzene rings is 1. The zero-order valence-electron chi connectivity index (χ0n) is 11.7. The van der Waals surface area contributed by atoms with E-state index in [1.807, 2.05) is 13.8 Å². The monoisotopic (exact) mass is 278 g/mol. The van der Waals surface area contributed by atoms with Crippen LogP contribution in [-0.2, 0) is 0 Å². The highest BCUT2D eigenvalue weighted by Gasteiger charge is 2.10. The molecule has 5 heteroatoms. The molecule has 0 aliphatic rings. The first-order valence-corrected chi connectivity index (χ1v) is 6.57. The largest absolute Gasteiger partial charge is 0.395 e. The molecular formula is C15H19FN2O2. The molecule has 0 fully saturated rings. The van der Waals surface area contributed by atoms with Gasteiger partial charge in [0, 0.05) is 25.2 Å². The summed E-state index contributed by atoms with van der Waals surface area (Å²) in [7, 11) is 0. The quantitative estimate of drug-likeness (QED) is 0.831. The number of halogens is 1. The van der Waals surface area contributed by atoms with E-state index in [0.717, 1.165) is 0 Å². The fraction of sp³-hybridized carbons (Fsp3) is 0.400. The topological polar surface area (TPSA) is 52.6 Å². The van der Waals surface area contributed by atoms with Crippen LogP contribution in [0.25, 0.3) is 0 Å². The fourth-order valence-electron chi connectivity index (χ4n) is 1.62. The molecule has 0 bridgehead atoms. The molecule has 108 valence electrons. The third-order valence-electron chi connectivity index (χ3n) is 2.73. The number of urea groups is 1. The van der Waals surface area contributed by atoms with Crippen LogP contribution in [0.5, 0.6) is 0 Å². The van der Waals surface area contributed by atoms with Crippen LogP contribution < -0.4 is 5.32 Å². The van der Waals surface area contributed by atoms with Gasteiger partial charge < -0.3 is 15.3 Å². The summed E-state index contributed by atoms with van der Waals surface area (Å²) in [5, 5.41) is 11.2. The number of hydrogen-bond donors (Lipinski definition) is 2. The van der Waals surface area contributed by atoms with E-state index in [1.54, 1.807) is 11.0 Å². The van der Waals surface area contributed by atoms with Crippen molar-refractivity contribution in [2.24, 2.45) is 0 Å². The van der Waals surface area contributed by atoms with Gasteiger partial charge in [0.05, 0.1) is 12.2 Å². The lowest BCUT2D eigenvalue weighted by atomic mass is 10.2. The van der Waals surface area contributed by atoms with E-state index in [1.165, 1.54) is 12.1 Å². The minimum Gasteiger partial charge on any atom is -0.395 e. The number of nitrogens with zero attached hydrogens (tertiary/aromatic N) is 1. The minimum atomic E-state index is -0.493. The van der Waals surface area contributed by atoms with Crippen molar-refractivity contribution in [1.29, 1.82) is 0 Å². The van der Waals surface area contributed by atoms with E-state index in [4.69, 9.17) is 5.11 Å². The second kappa shape index (κ2) is 8.18. The van der Waals surface area contributed by atoms with Crippen LogP contribution in [0.1, 0.15) is 25.8 Å². The normalized spacial score (nSPS) is 9.60. The van der Waals surface area contributed by atoms with E-state index in [9.17, 15) is 9.18 Å². The van der Waals surface area contributed by atoms with Crippen molar-refractivity contribution < 1.29 is 14.3 Å². The van der Waals surface area contributed by atoms with Gasteiger partial charge in [0.1, 0.15) is 5.82 Å². The summed E-state index contributed by atoms with van der Waals surface area (Å²) in [5.74, 6) is 4.79. The zero-order chi connectivity index (χ0) is 15.0. The Bertz CT molecular complexity index is 516. The molecule has 0 spiro atoms. The molecule has 2 amide bonds. The first kappa shape index (κ1) is 16.0. The Labute approximate surface area is 118 Å². The highest BCUT2D eigenvalue weighted by molar-refractivity contribution is 5.89. The number of rotatable bonds is 4. The molecule has 0 aromatic heterocycles. The van der Waals surface area contributed by atoms with E-state index >= 15 is 0 Å². The van der Waals surface area contributed by atoms with Crippen molar-refractivity contribution in [2.45, 2.75) is 20.3 Å². The Morgan fingerprint density at radius 1 is 1.40 bits per heavy atom. The van der Waals surface area contributed by atoms with Crippen LogP contribution in [0.15, 0.2) is 18.2 Å². The van der Waals surface area contributed by atoms with Gasteiger partial charge in [-0.25, -0.2) is 9.18 Å². The van der Waals surface area contributed by atoms with Gasteiger partial charge in [-0.2, -0.15) is 0 Å². The maximum absolute atomic E-state index is 13.8. The number of amides is 2. The summed E-state index contributed by atoms with van der Waals surface area (Å²) in [6, 6.07) is 4.10. The molecule has 2 N–H and O–H groups in total. The SMILES string of the molecule is CCN(CC)C(=O)Nc1ccc(C#CCCO)c(F)c1. The van der Waals surface area contributed by atoms with Crippen LogP contribution in [0, 0.1) is 17.7 Å². The third kappa shape index (κ3) is 4.56. The lowest BCUT2D eigenvalue weighted by Crippen LogP contribution is -2.34. The van der Waals surface area contributed by atoms with Gasteiger partial charge in [0.2, 0.25) is 0 Å². The second-order valence-electron chi connectivity index (χ2n) is 4.07. The number of anilines is 1. The maximum Gasteiger partial charge on any atom is 0.321 e. The summed E-state index contributed by atoms with van der Waals surface area (Å²) in [6.07, 6.45) is 0.305. The molecule has 0 unspecified atom stereocenters. The Kier molecular flexibility index (Phi) is 6.54. The van der Waals surface area contributed by atoms with E-state index in [0.29, 0.717) is 25.2 Å². The fourth-order valence-corrected chi connectivity index (χ4v) is 1.62. The zero-order valence-corrected chi connectivity index (χ0v) is 11.7. The molecule has 0 radical (unpaired) electrons. The van der Waals surface area contributed by atoms with Gasteiger partial charge in [-0.05, 0) is 32.0 Å². The molecule has 0 heterocycles. The summed E-state index contributed by atoms with van der Waals surface area (Å²) >= 11 is 0. The first-order chi connectivity index (χ1) is 9.62.